The molecule has 0 saturated heterocycles. The summed E-state index contributed by atoms with van der Waals surface area (Å²) in [6.45, 7) is 19.4. The molecule has 13 rings (SSSR count). The Kier molecular flexibility index (Phi) is 12.5. The molecule has 2 aliphatic heterocycles. The van der Waals surface area contributed by atoms with Crippen molar-refractivity contribution >= 4 is 57.0 Å². The molecule has 0 unspecified atom stereocenters. The third kappa shape index (κ3) is 10.7. The number of hydrogen-bond donors (Lipinski definition) is 0. The molecule has 0 amide bonds. The zero-order valence-electron chi connectivity index (χ0n) is 57.3. The van der Waals surface area contributed by atoms with Gasteiger partial charge in [0.1, 0.15) is 5.82 Å². The molecule has 11 aromatic rings. The maximum Gasteiger partial charge on any atom is 0.135 e. The van der Waals surface area contributed by atoms with Crippen molar-refractivity contribution in [2.45, 2.75) is 85.4 Å². The fourth-order valence-corrected chi connectivity index (χ4v) is 11.6. The Morgan fingerprint density at radius 2 is 1.01 bits per heavy atom. The van der Waals surface area contributed by atoms with Gasteiger partial charge in [0.15, 0.2) is 0 Å². The van der Waals surface area contributed by atoms with Gasteiger partial charge in [-0.05, 0) is 98.4 Å². The number of hydrogen-bond acceptors (Lipinski definition) is 5. The molecule has 2 aliphatic rings. The molecule has 0 saturated carbocycles. The summed E-state index contributed by atoms with van der Waals surface area (Å²) >= 11 is 0. The van der Waals surface area contributed by atoms with Crippen molar-refractivity contribution in [2.24, 2.45) is 0 Å². The van der Waals surface area contributed by atoms with Crippen molar-refractivity contribution in [1.29, 1.82) is 0 Å². The Bertz CT molecular complexity index is 4640. The van der Waals surface area contributed by atoms with Gasteiger partial charge < -0.3 is 19.6 Å². The quantitative estimate of drug-likeness (QED) is 0.134. The molecule has 0 N–H and O–H groups in total. The molecule has 0 spiro atoms. The number of fused-ring (bicyclic) bond motifs is 6. The topological polar surface area (TPSA) is 25.9 Å². The van der Waals surface area contributed by atoms with Gasteiger partial charge in [0.2, 0.25) is 0 Å². The maximum absolute atomic E-state index is 9.45. The first-order chi connectivity index (χ1) is 43.8. The van der Waals surface area contributed by atoms with Gasteiger partial charge in [-0.25, -0.2) is 4.98 Å². The number of pyridine rings is 1. The minimum absolute atomic E-state index is 0. The summed E-state index contributed by atoms with van der Waals surface area (Å²) in [7, 11) is 0. The van der Waals surface area contributed by atoms with Gasteiger partial charge in [0, 0.05) is 76.4 Å². The van der Waals surface area contributed by atoms with Crippen LogP contribution in [0, 0.1) is 25.7 Å². The average Bonchev–Trinajstić information content (AvgIpc) is 1.72. The van der Waals surface area contributed by atoms with Crippen molar-refractivity contribution in [2.75, 3.05) is 19.6 Å². The van der Waals surface area contributed by atoms with Crippen molar-refractivity contribution in [1.82, 2.24) is 4.98 Å². The van der Waals surface area contributed by atoms with Crippen LogP contribution in [-0.4, -0.2) is 4.98 Å². The van der Waals surface area contributed by atoms with Crippen molar-refractivity contribution in [3.63, 3.8) is 0 Å². The molecule has 1 aromatic heterocycles. The van der Waals surface area contributed by atoms with Crippen LogP contribution in [0.25, 0.3) is 55.6 Å². The van der Waals surface area contributed by atoms with Crippen LogP contribution in [0.15, 0.2) is 237 Å². The summed E-state index contributed by atoms with van der Waals surface area (Å²) in [5.74, 6) is 0.418. The van der Waals surface area contributed by atoms with Crippen LogP contribution in [0.1, 0.15) is 95.5 Å². The zero-order chi connectivity index (χ0) is 64.9. The second kappa shape index (κ2) is 22.3. The van der Waals surface area contributed by atoms with Crippen molar-refractivity contribution < 1.29 is 32.0 Å². The van der Waals surface area contributed by atoms with Crippen molar-refractivity contribution in [3.05, 3.63) is 278 Å². The Labute approximate surface area is 529 Å². The SMILES string of the molecule is [2H]c1c([2H])c([2H])c(-c2cccc(-c3cc(C(C)(C)C)cc(C(C)(C)C)c3)c2N2[CH-]N(c3[c-]c(N(c4[c-]c5c(cc4)-c4ccccc4-c4ccccc4N5c4cc(C([2H])([2H])[2H])c(-c5ccccc5)cn4)c4ccccc4)cc(C(C)(C)C)c3)c3ccccc32)c([2H])c1[2H].[Pt]. The smallest absolute Gasteiger partial charge is 0.135 e. The van der Waals surface area contributed by atoms with Gasteiger partial charge in [0.25, 0.3) is 0 Å². The van der Waals surface area contributed by atoms with Gasteiger partial charge >= 0.3 is 0 Å². The summed E-state index contributed by atoms with van der Waals surface area (Å²) in [6, 6.07) is 73.3. The predicted octanol–water partition coefficient (Wildman–Crippen LogP) is 21.9. The number of para-hydroxylation sites is 5. The van der Waals surface area contributed by atoms with E-state index in [1.165, 1.54) is 0 Å². The summed E-state index contributed by atoms with van der Waals surface area (Å²) in [5.41, 5.74) is 16.7. The third-order valence-corrected chi connectivity index (χ3v) is 16.1. The summed E-state index contributed by atoms with van der Waals surface area (Å²) in [6.07, 6.45) is 1.68. The molecule has 0 fully saturated rings. The molecule has 3 heterocycles. The first-order valence-electron chi connectivity index (χ1n) is 32.7. The third-order valence-electron chi connectivity index (χ3n) is 16.1. The van der Waals surface area contributed by atoms with E-state index in [0.717, 1.165) is 78.4 Å². The van der Waals surface area contributed by atoms with Crippen LogP contribution in [0.3, 0.4) is 0 Å². The summed E-state index contributed by atoms with van der Waals surface area (Å²) < 4.78 is 72.2. The van der Waals surface area contributed by atoms with Crippen LogP contribution in [-0.2, 0) is 37.3 Å². The van der Waals surface area contributed by atoms with E-state index in [2.05, 4.69) is 186 Å². The van der Waals surface area contributed by atoms with Crippen LogP contribution < -0.4 is 19.6 Å². The van der Waals surface area contributed by atoms with Gasteiger partial charge in [-0.2, -0.15) is 6.07 Å². The number of nitrogens with zero attached hydrogens (tertiary/aromatic N) is 5. The molecule has 0 aliphatic carbocycles. The van der Waals surface area contributed by atoms with E-state index in [4.69, 9.17) is 13.2 Å². The van der Waals surface area contributed by atoms with Gasteiger partial charge in [-0.1, -0.05) is 255 Å². The van der Waals surface area contributed by atoms with E-state index in [1.54, 1.807) is 12.3 Å². The predicted molar refractivity (Wildman–Crippen MR) is 354 cm³/mol. The van der Waals surface area contributed by atoms with E-state index in [1.807, 2.05) is 109 Å². The van der Waals surface area contributed by atoms with Crippen LogP contribution >= 0.6 is 0 Å². The molecule has 5 nitrogen and oxygen atoms in total. The number of benzene rings is 10. The first kappa shape index (κ1) is 47.6. The van der Waals surface area contributed by atoms with Crippen LogP contribution in [0.5, 0.6) is 0 Å². The normalized spacial score (nSPS) is 14.3. The molecule has 0 radical (unpaired) electrons. The second-order valence-corrected chi connectivity index (χ2v) is 24.9. The van der Waals surface area contributed by atoms with E-state index in [-0.39, 0.29) is 55.1 Å². The fourth-order valence-electron chi connectivity index (χ4n) is 11.6. The number of anilines is 10. The average molecular weight is 1290 g/mol. The molecule has 6 heteroatoms. The Balaban J connectivity index is 0.00000832. The first-order valence-corrected chi connectivity index (χ1v) is 28.7. The minimum Gasteiger partial charge on any atom is -0.493 e. The minimum atomic E-state index is -2.49. The number of aryl methyl sites for hydroxylation is 1. The van der Waals surface area contributed by atoms with Gasteiger partial charge in [-0.3, -0.25) is 0 Å². The molecule has 85 heavy (non-hydrogen) atoms. The molecule has 10 aromatic carbocycles. The zero-order valence-corrected chi connectivity index (χ0v) is 51.5. The van der Waals surface area contributed by atoms with Gasteiger partial charge in [-0.15, -0.1) is 53.8 Å². The Hall–Kier alpha value is -8.76. The fraction of sp³-hybridized carbons (Fsp3) is 0.165. The van der Waals surface area contributed by atoms with Crippen molar-refractivity contribution in [3.8, 4) is 55.6 Å². The Morgan fingerprint density at radius 1 is 0.459 bits per heavy atom. The largest absolute Gasteiger partial charge is 0.493 e. The van der Waals surface area contributed by atoms with E-state index >= 15 is 0 Å². The molecule has 0 bridgehead atoms. The Morgan fingerprint density at radius 3 is 1.66 bits per heavy atom. The van der Waals surface area contributed by atoms with Crippen LogP contribution in [0.4, 0.5) is 57.0 Å². The van der Waals surface area contributed by atoms with E-state index < -0.39 is 30.4 Å². The summed E-state index contributed by atoms with van der Waals surface area (Å²) in [4.78, 5) is 13.6. The second-order valence-electron chi connectivity index (χ2n) is 24.9. The number of rotatable bonds is 9. The van der Waals surface area contributed by atoms with E-state index in [0.29, 0.717) is 45.4 Å². The van der Waals surface area contributed by atoms with Gasteiger partial charge in [0.05, 0.1) is 12.5 Å². The number of aromatic nitrogens is 1. The molecular formula is C79H70N5Pt-3. The molecular weight excluding hydrogens is 1210 g/mol. The monoisotopic (exact) mass is 1290 g/mol. The maximum atomic E-state index is 9.45. The molecule has 424 valence electrons. The van der Waals surface area contributed by atoms with E-state index in [9.17, 15) is 2.74 Å². The summed E-state index contributed by atoms with van der Waals surface area (Å²) in [5, 5.41) is 0. The molecule has 0 atom stereocenters. The standard InChI is InChI=1S/C79H70N5.Pt/c1-53-43-75(80-51-70(53)55-29-16-12-17-30-55)84-71-38-23-22-35-68(71)66-33-20-21-34-67(66)69-42-41-61(50-74(69)84)83(60-31-18-13-19-32-60)63-48-59(79(8,9)10)47-62(49-63)81-52-82(73-40-25-24-39-72(73)81)76-64(54-27-14-11-15-28-54)36-26-37-65(76)56-44-57(77(2,3)4)46-58(45-56)78(5,6)7;/h11-48,51-52H,1-10H3;/q-3;/i1D3,11D,14D,15D,27D,28D;. The van der Waals surface area contributed by atoms with Crippen LogP contribution in [0.2, 0.25) is 0 Å².